The van der Waals surface area contributed by atoms with Crippen LogP contribution < -0.4 is 4.74 Å². The summed E-state index contributed by atoms with van der Waals surface area (Å²) >= 11 is 0. The first-order valence-electron chi connectivity index (χ1n) is 7.70. The maximum absolute atomic E-state index is 12.1. The lowest BCUT2D eigenvalue weighted by Gasteiger charge is -2.13. The van der Waals surface area contributed by atoms with E-state index in [-0.39, 0.29) is 37.6 Å². The van der Waals surface area contributed by atoms with E-state index in [2.05, 4.69) is 0 Å². The molecule has 0 amide bonds. The van der Waals surface area contributed by atoms with E-state index in [1.165, 1.54) is 12.1 Å². The van der Waals surface area contributed by atoms with Crippen LogP contribution in [0.1, 0.15) is 36.7 Å². The molecule has 0 heterocycles. The Morgan fingerprint density at radius 1 is 1.12 bits per heavy atom. The van der Waals surface area contributed by atoms with Crippen LogP contribution in [0.25, 0.3) is 0 Å². The van der Waals surface area contributed by atoms with Gasteiger partial charge in [-0.1, -0.05) is 13.0 Å². The zero-order chi connectivity index (χ0) is 18.1. The Hall–Kier alpha value is -2.57. The Bertz CT molecular complexity index is 595. The van der Waals surface area contributed by atoms with Crippen molar-refractivity contribution in [3.05, 3.63) is 29.3 Å². The maximum Gasteiger partial charge on any atom is 0.344 e. The number of carbonyl (C=O) groups is 3. The topological polar surface area (TPSA) is 99.1 Å². The molecular weight excluding hydrogens is 316 g/mol. The minimum Gasteiger partial charge on any atom is -0.481 e. The largest absolute Gasteiger partial charge is 0.481 e. The van der Waals surface area contributed by atoms with E-state index in [0.29, 0.717) is 5.56 Å². The van der Waals surface area contributed by atoms with Crippen LogP contribution in [-0.2, 0) is 25.5 Å². The molecule has 1 aromatic carbocycles. The zero-order valence-corrected chi connectivity index (χ0v) is 14.0. The molecule has 1 rings (SSSR count). The second kappa shape index (κ2) is 9.54. The van der Waals surface area contributed by atoms with Gasteiger partial charge in [-0.05, 0) is 38.0 Å². The number of ether oxygens (including phenoxy) is 3. The van der Waals surface area contributed by atoms with Crippen molar-refractivity contribution < 1.29 is 33.7 Å². The molecule has 0 saturated carbocycles. The molecule has 24 heavy (non-hydrogen) atoms. The summed E-state index contributed by atoms with van der Waals surface area (Å²) in [6.45, 7) is 5.03. The number of carboxylic acid groups (broad SMARTS) is 1. The predicted molar refractivity (Wildman–Crippen MR) is 85.0 cm³/mol. The Morgan fingerprint density at radius 2 is 1.79 bits per heavy atom. The minimum atomic E-state index is -0.921. The number of hydrogen-bond donors (Lipinski definition) is 1. The summed E-state index contributed by atoms with van der Waals surface area (Å²) in [5.41, 5.74) is 0.813. The molecule has 0 spiro atoms. The number of carboxylic acids is 1. The molecule has 0 aliphatic rings. The average molecular weight is 338 g/mol. The van der Waals surface area contributed by atoms with Gasteiger partial charge in [0.1, 0.15) is 11.3 Å². The van der Waals surface area contributed by atoms with E-state index in [1.54, 1.807) is 26.8 Å². The number of benzene rings is 1. The van der Waals surface area contributed by atoms with Crippen LogP contribution in [-0.4, -0.2) is 42.8 Å². The molecule has 0 bridgehead atoms. The normalized spacial score (nSPS) is 11.5. The van der Waals surface area contributed by atoms with Gasteiger partial charge in [0.2, 0.25) is 0 Å². The van der Waals surface area contributed by atoms with Gasteiger partial charge in [-0.3, -0.25) is 4.79 Å². The minimum absolute atomic E-state index is 0.149. The summed E-state index contributed by atoms with van der Waals surface area (Å²) in [6.07, 6.45) is 0.264. The van der Waals surface area contributed by atoms with Crippen LogP contribution in [0, 0.1) is 5.92 Å². The molecule has 1 unspecified atom stereocenters. The fourth-order valence-electron chi connectivity index (χ4n) is 1.98. The van der Waals surface area contributed by atoms with Gasteiger partial charge in [0.05, 0.1) is 19.1 Å². The summed E-state index contributed by atoms with van der Waals surface area (Å²) in [7, 11) is 0. The molecular formula is C17H22O7. The van der Waals surface area contributed by atoms with Gasteiger partial charge < -0.3 is 19.3 Å². The molecule has 0 fully saturated rings. The first kappa shape index (κ1) is 19.5. The lowest BCUT2D eigenvalue weighted by atomic mass is 9.99. The molecule has 0 saturated heterocycles. The average Bonchev–Trinajstić information content (AvgIpc) is 2.53. The molecule has 1 atom stereocenters. The molecule has 7 heteroatoms. The van der Waals surface area contributed by atoms with Gasteiger partial charge >= 0.3 is 17.9 Å². The molecule has 0 aliphatic carbocycles. The summed E-state index contributed by atoms with van der Waals surface area (Å²) in [5.74, 6) is -2.47. The van der Waals surface area contributed by atoms with Crippen LogP contribution in [0.2, 0.25) is 0 Å². The number of esters is 2. The smallest absolute Gasteiger partial charge is 0.344 e. The molecule has 1 N–H and O–H groups in total. The van der Waals surface area contributed by atoms with Gasteiger partial charge in [-0.15, -0.1) is 0 Å². The third kappa shape index (κ3) is 5.91. The van der Waals surface area contributed by atoms with Crippen LogP contribution in [0.4, 0.5) is 0 Å². The first-order chi connectivity index (χ1) is 11.4. The van der Waals surface area contributed by atoms with Crippen LogP contribution >= 0.6 is 0 Å². The van der Waals surface area contributed by atoms with E-state index in [9.17, 15) is 14.4 Å². The van der Waals surface area contributed by atoms with Crippen LogP contribution in [0.15, 0.2) is 18.2 Å². The Kier molecular flexibility index (Phi) is 7.74. The van der Waals surface area contributed by atoms with Gasteiger partial charge in [0.25, 0.3) is 0 Å². The van der Waals surface area contributed by atoms with Crippen molar-refractivity contribution in [3.63, 3.8) is 0 Å². The van der Waals surface area contributed by atoms with E-state index in [4.69, 9.17) is 19.3 Å². The van der Waals surface area contributed by atoms with Gasteiger partial charge in [-0.25, -0.2) is 9.59 Å². The van der Waals surface area contributed by atoms with Gasteiger partial charge in [0.15, 0.2) is 6.61 Å². The Balaban J connectivity index is 2.98. The zero-order valence-electron chi connectivity index (χ0n) is 14.0. The molecule has 132 valence electrons. The van der Waals surface area contributed by atoms with E-state index in [0.717, 1.165) is 0 Å². The molecule has 7 nitrogen and oxygen atoms in total. The predicted octanol–water partition coefficient (Wildman–Crippen LogP) is 2.07. The number of rotatable bonds is 9. The van der Waals surface area contributed by atoms with E-state index < -0.39 is 23.8 Å². The lowest BCUT2D eigenvalue weighted by molar-refractivity contribution is -0.145. The summed E-state index contributed by atoms with van der Waals surface area (Å²) in [5, 5.41) is 8.99. The first-order valence-corrected chi connectivity index (χ1v) is 7.70. The Morgan fingerprint density at radius 3 is 2.38 bits per heavy atom. The highest BCUT2D eigenvalue weighted by Crippen LogP contribution is 2.23. The van der Waals surface area contributed by atoms with Crippen molar-refractivity contribution >= 4 is 17.9 Å². The van der Waals surface area contributed by atoms with Gasteiger partial charge in [0, 0.05) is 0 Å². The van der Waals surface area contributed by atoms with Crippen LogP contribution in [0.5, 0.6) is 5.75 Å². The van der Waals surface area contributed by atoms with Crippen molar-refractivity contribution in [3.8, 4) is 5.75 Å². The SMILES string of the molecule is CCOC(=O)COc1ccc(CC(C)C(=O)O)cc1C(=O)OCC. The standard InChI is InChI=1S/C17H22O7/c1-4-22-15(18)10-24-14-7-6-12(8-11(3)16(19)20)9-13(14)17(21)23-5-2/h6-7,9,11H,4-5,8,10H2,1-3H3,(H,19,20). The van der Waals surface area contributed by atoms with Gasteiger partial charge in [-0.2, -0.15) is 0 Å². The van der Waals surface area contributed by atoms with E-state index in [1.807, 2.05) is 0 Å². The highest BCUT2D eigenvalue weighted by Gasteiger charge is 2.18. The van der Waals surface area contributed by atoms with Crippen molar-refractivity contribution in [1.29, 1.82) is 0 Å². The summed E-state index contributed by atoms with van der Waals surface area (Å²) < 4.78 is 15.1. The second-order valence-corrected chi connectivity index (χ2v) is 5.09. The quantitative estimate of drug-likeness (QED) is 0.688. The maximum atomic E-state index is 12.1. The van der Waals surface area contributed by atoms with Crippen molar-refractivity contribution in [2.75, 3.05) is 19.8 Å². The highest BCUT2D eigenvalue weighted by molar-refractivity contribution is 5.93. The molecule has 0 radical (unpaired) electrons. The molecule has 0 aliphatic heterocycles. The highest BCUT2D eigenvalue weighted by atomic mass is 16.6. The second-order valence-electron chi connectivity index (χ2n) is 5.09. The van der Waals surface area contributed by atoms with Crippen LogP contribution in [0.3, 0.4) is 0 Å². The molecule has 0 aromatic heterocycles. The van der Waals surface area contributed by atoms with E-state index >= 15 is 0 Å². The number of aliphatic carboxylic acids is 1. The fourth-order valence-corrected chi connectivity index (χ4v) is 1.98. The summed E-state index contributed by atoms with van der Waals surface area (Å²) in [4.78, 5) is 34.4. The third-order valence-corrected chi connectivity index (χ3v) is 3.15. The van der Waals surface area contributed by atoms with Crippen molar-refractivity contribution in [2.24, 2.45) is 5.92 Å². The van der Waals surface area contributed by atoms with Crippen molar-refractivity contribution in [2.45, 2.75) is 27.2 Å². The lowest BCUT2D eigenvalue weighted by Crippen LogP contribution is -2.17. The number of carbonyl (C=O) groups excluding carboxylic acids is 2. The molecule has 1 aromatic rings. The van der Waals surface area contributed by atoms with Crippen molar-refractivity contribution in [1.82, 2.24) is 0 Å². The summed E-state index contributed by atoms with van der Waals surface area (Å²) in [6, 6.07) is 4.70. The monoisotopic (exact) mass is 338 g/mol. The Labute approximate surface area is 140 Å². The fraction of sp³-hybridized carbons (Fsp3) is 0.471. The third-order valence-electron chi connectivity index (χ3n) is 3.15. The number of hydrogen-bond acceptors (Lipinski definition) is 6.